The standard InChI is InChI=1S/C18H25N3O3/c1-5-10-20-12-16(22)21(13(2)17(20)23)11-14-6-8-15(9-7-14)18(24)19(3)4/h6-9,13H,5,10-12H2,1-4H3/t13-/m1/s1. The smallest absolute Gasteiger partial charge is 0.253 e. The summed E-state index contributed by atoms with van der Waals surface area (Å²) in [5.74, 6) is -0.103. The summed E-state index contributed by atoms with van der Waals surface area (Å²) in [6.45, 7) is 4.90. The van der Waals surface area contributed by atoms with Gasteiger partial charge < -0.3 is 14.7 Å². The summed E-state index contributed by atoms with van der Waals surface area (Å²) in [6, 6.07) is 6.71. The van der Waals surface area contributed by atoms with Crippen molar-refractivity contribution < 1.29 is 14.4 Å². The van der Waals surface area contributed by atoms with E-state index >= 15 is 0 Å². The Morgan fingerprint density at radius 3 is 2.38 bits per heavy atom. The van der Waals surface area contributed by atoms with Crippen molar-refractivity contribution in [3.05, 3.63) is 35.4 Å². The minimum Gasteiger partial charge on any atom is -0.345 e. The van der Waals surface area contributed by atoms with Gasteiger partial charge in [-0.3, -0.25) is 14.4 Å². The van der Waals surface area contributed by atoms with Gasteiger partial charge in [0.15, 0.2) is 0 Å². The Balaban J connectivity index is 2.09. The Labute approximate surface area is 143 Å². The van der Waals surface area contributed by atoms with E-state index in [0.29, 0.717) is 18.7 Å². The van der Waals surface area contributed by atoms with Crippen LogP contribution in [0.3, 0.4) is 0 Å². The van der Waals surface area contributed by atoms with Crippen molar-refractivity contribution in [2.24, 2.45) is 0 Å². The maximum absolute atomic E-state index is 12.4. The van der Waals surface area contributed by atoms with Crippen LogP contribution in [0, 0.1) is 0 Å². The number of piperazine rings is 1. The average molecular weight is 331 g/mol. The van der Waals surface area contributed by atoms with Gasteiger partial charge in [0.2, 0.25) is 11.8 Å². The first kappa shape index (κ1) is 18.0. The molecule has 2 rings (SSSR count). The molecule has 0 N–H and O–H groups in total. The molecule has 1 saturated heterocycles. The largest absolute Gasteiger partial charge is 0.345 e. The number of nitrogens with zero attached hydrogens (tertiary/aromatic N) is 3. The zero-order chi connectivity index (χ0) is 17.9. The Morgan fingerprint density at radius 1 is 1.21 bits per heavy atom. The number of amides is 3. The molecule has 0 aromatic heterocycles. The zero-order valence-electron chi connectivity index (χ0n) is 14.8. The molecular weight excluding hydrogens is 306 g/mol. The molecule has 3 amide bonds. The normalized spacial score (nSPS) is 18.1. The molecule has 0 bridgehead atoms. The second-order valence-corrected chi connectivity index (χ2v) is 6.35. The maximum atomic E-state index is 12.4. The van der Waals surface area contributed by atoms with E-state index in [0.717, 1.165) is 12.0 Å². The Kier molecular flexibility index (Phi) is 5.59. The van der Waals surface area contributed by atoms with Crippen LogP contribution in [-0.2, 0) is 16.1 Å². The molecule has 1 aliphatic rings. The van der Waals surface area contributed by atoms with Crippen LogP contribution in [0.5, 0.6) is 0 Å². The van der Waals surface area contributed by atoms with E-state index in [4.69, 9.17) is 0 Å². The van der Waals surface area contributed by atoms with Crippen molar-refractivity contribution >= 4 is 17.7 Å². The Hall–Kier alpha value is -2.37. The highest BCUT2D eigenvalue weighted by molar-refractivity contribution is 5.95. The Bertz CT molecular complexity index is 625. The summed E-state index contributed by atoms with van der Waals surface area (Å²) in [7, 11) is 3.41. The summed E-state index contributed by atoms with van der Waals surface area (Å²) in [6.07, 6.45) is 0.840. The minimum atomic E-state index is -0.458. The van der Waals surface area contributed by atoms with Gasteiger partial charge in [0.25, 0.3) is 5.91 Å². The van der Waals surface area contributed by atoms with Gasteiger partial charge in [-0.25, -0.2) is 0 Å². The quantitative estimate of drug-likeness (QED) is 0.818. The maximum Gasteiger partial charge on any atom is 0.253 e. The molecule has 1 fully saturated rings. The van der Waals surface area contributed by atoms with E-state index in [-0.39, 0.29) is 24.3 Å². The molecule has 1 aromatic rings. The van der Waals surface area contributed by atoms with Crippen molar-refractivity contribution in [3.63, 3.8) is 0 Å². The molecule has 0 unspecified atom stereocenters. The summed E-state index contributed by atoms with van der Waals surface area (Å²) < 4.78 is 0. The van der Waals surface area contributed by atoms with E-state index < -0.39 is 6.04 Å². The third kappa shape index (κ3) is 3.75. The number of hydrogen-bond acceptors (Lipinski definition) is 3. The predicted molar refractivity (Wildman–Crippen MR) is 91.3 cm³/mol. The van der Waals surface area contributed by atoms with Gasteiger partial charge in [0, 0.05) is 32.7 Å². The van der Waals surface area contributed by atoms with Gasteiger partial charge in [-0.1, -0.05) is 19.1 Å². The lowest BCUT2D eigenvalue weighted by molar-refractivity contribution is -0.155. The molecule has 6 nitrogen and oxygen atoms in total. The number of benzene rings is 1. The van der Waals surface area contributed by atoms with Crippen LogP contribution in [0.1, 0.15) is 36.2 Å². The fourth-order valence-electron chi connectivity index (χ4n) is 2.84. The van der Waals surface area contributed by atoms with Gasteiger partial charge in [0.05, 0.1) is 6.54 Å². The first-order valence-corrected chi connectivity index (χ1v) is 8.24. The lowest BCUT2D eigenvalue weighted by atomic mass is 10.1. The van der Waals surface area contributed by atoms with Crippen molar-refractivity contribution in [2.75, 3.05) is 27.2 Å². The van der Waals surface area contributed by atoms with Crippen LogP contribution in [0.2, 0.25) is 0 Å². The van der Waals surface area contributed by atoms with E-state index in [9.17, 15) is 14.4 Å². The average Bonchev–Trinajstić information content (AvgIpc) is 2.56. The topological polar surface area (TPSA) is 60.9 Å². The van der Waals surface area contributed by atoms with E-state index in [1.165, 1.54) is 4.90 Å². The van der Waals surface area contributed by atoms with Gasteiger partial charge in [-0.05, 0) is 31.0 Å². The third-order valence-electron chi connectivity index (χ3n) is 4.24. The van der Waals surface area contributed by atoms with Crippen LogP contribution in [0.15, 0.2) is 24.3 Å². The van der Waals surface area contributed by atoms with Crippen LogP contribution < -0.4 is 0 Å². The molecule has 0 radical (unpaired) electrons. The molecule has 1 aromatic carbocycles. The predicted octanol–water partition coefficient (Wildman–Crippen LogP) is 1.36. The molecule has 24 heavy (non-hydrogen) atoms. The number of rotatable bonds is 5. The summed E-state index contributed by atoms with van der Waals surface area (Å²) in [5.41, 5.74) is 1.51. The van der Waals surface area contributed by atoms with Crippen LogP contribution in [-0.4, -0.2) is 65.6 Å². The number of carbonyl (C=O) groups is 3. The summed E-state index contributed by atoms with van der Waals surface area (Å²) in [5, 5.41) is 0. The highest BCUT2D eigenvalue weighted by Crippen LogP contribution is 2.17. The van der Waals surface area contributed by atoms with Crippen molar-refractivity contribution in [2.45, 2.75) is 32.9 Å². The molecular formula is C18H25N3O3. The summed E-state index contributed by atoms with van der Waals surface area (Å²) >= 11 is 0. The molecule has 6 heteroatoms. The van der Waals surface area contributed by atoms with Crippen molar-refractivity contribution in [1.29, 1.82) is 0 Å². The van der Waals surface area contributed by atoms with Crippen LogP contribution >= 0.6 is 0 Å². The van der Waals surface area contributed by atoms with Crippen LogP contribution in [0.25, 0.3) is 0 Å². The van der Waals surface area contributed by atoms with Crippen molar-refractivity contribution in [1.82, 2.24) is 14.7 Å². The fourth-order valence-corrected chi connectivity index (χ4v) is 2.84. The fraction of sp³-hybridized carbons (Fsp3) is 0.500. The highest BCUT2D eigenvalue weighted by atomic mass is 16.2. The molecule has 0 spiro atoms. The zero-order valence-corrected chi connectivity index (χ0v) is 14.8. The number of carbonyl (C=O) groups excluding carboxylic acids is 3. The lowest BCUT2D eigenvalue weighted by Crippen LogP contribution is -2.58. The molecule has 0 aliphatic carbocycles. The van der Waals surface area contributed by atoms with E-state index in [2.05, 4.69) is 0 Å². The van der Waals surface area contributed by atoms with Crippen molar-refractivity contribution in [3.8, 4) is 0 Å². The lowest BCUT2D eigenvalue weighted by Gasteiger charge is -2.38. The van der Waals surface area contributed by atoms with Gasteiger partial charge in [0.1, 0.15) is 6.04 Å². The Morgan fingerprint density at radius 2 is 1.83 bits per heavy atom. The SMILES string of the molecule is CCCN1CC(=O)N(Cc2ccc(C(=O)N(C)C)cc2)[C@H](C)C1=O. The molecule has 1 atom stereocenters. The van der Waals surface area contributed by atoms with E-state index in [1.54, 1.807) is 43.0 Å². The third-order valence-corrected chi connectivity index (χ3v) is 4.24. The van der Waals surface area contributed by atoms with Crippen LogP contribution in [0.4, 0.5) is 0 Å². The van der Waals surface area contributed by atoms with Gasteiger partial charge in [-0.15, -0.1) is 0 Å². The minimum absolute atomic E-state index is 0.00384. The molecule has 1 aliphatic heterocycles. The molecule has 0 saturated carbocycles. The van der Waals surface area contributed by atoms with Gasteiger partial charge in [-0.2, -0.15) is 0 Å². The highest BCUT2D eigenvalue weighted by Gasteiger charge is 2.35. The van der Waals surface area contributed by atoms with Gasteiger partial charge >= 0.3 is 0 Å². The summed E-state index contributed by atoms with van der Waals surface area (Å²) in [4.78, 5) is 41.4. The van der Waals surface area contributed by atoms with E-state index in [1.807, 2.05) is 19.1 Å². The molecule has 130 valence electrons. The molecule has 1 heterocycles. The second kappa shape index (κ2) is 7.47. The monoisotopic (exact) mass is 331 g/mol. The first-order chi connectivity index (χ1) is 11.3. The second-order valence-electron chi connectivity index (χ2n) is 6.35. The number of hydrogen-bond donors (Lipinski definition) is 0. The first-order valence-electron chi connectivity index (χ1n) is 8.24.